The van der Waals surface area contributed by atoms with Crippen LogP contribution in [0.15, 0.2) is 30.3 Å². The Morgan fingerprint density at radius 2 is 1.95 bits per heavy atom. The number of carbonyl (C=O) groups excluding carboxylic acids is 2. The molecule has 0 unspecified atom stereocenters. The first-order valence-corrected chi connectivity index (χ1v) is 5.92. The number of methoxy groups -OCH3 is 1. The van der Waals surface area contributed by atoms with Crippen LogP contribution in [0.3, 0.4) is 0 Å². The highest BCUT2D eigenvalue weighted by atomic mass is 19.3. The number of nitrogens with zero attached hydrogens (tertiary/aromatic N) is 1. The van der Waals surface area contributed by atoms with Crippen molar-refractivity contribution in [2.75, 3.05) is 13.7 Å². The van der Waals surface area contributed by atoms with Crippen LogP contribution in [0, 0.1) is 0 Å². The van der Waals surface area contributed by atoms with Crippen molar-refractivity contribution in [3.63, 3.8) is 0 Å². The minimum absolute atomic E-state index is 0.214. The predicted octanol–water partition coefficient (Wildman–Crippen LogP) is 1.64. The Morgan fingerprint density at radius 1 is 1.30 bits per heavy atom. The van der Waals surface area contributed by atoms with Gasteiger partial charge < -0.3 is 9.57 Å². The molecule has 1 aromatic rings. The Labute approximate surface area is 114 Å². The lowest BCUT2D eigenvalue weighted by atomic mass is 10.2. The lowest BCUT2D eigenvalue weighted by molar-refractivity contribution is -0.167. The van der Waals surface area contributed by atoms with Crippen LogP contribution in [0.4, 0.5) is 8.78 Å². The smallest absolute Gasteiger partial charge is 0.357 e. The Bertz CT molecular complexity index is 506. The zero-order valence-corrected chi connectivity index (χ0v) is 10.7. The van der Waals surface area contributed by atoms with Crippen molar-refractivity contribution >= 4 is 11.9 Å². The SMILES string of the molecule is COC(=O)[C@@H]1CC(F)(F)CN1OC(=O)c1ccccc1. The molecule has 1 saturated heterocycles. The van der Waals surface area contributed by atoms with Gasteiger partial charge in [-0.15, -0.1) is 5.06 Å². The molecule has 0 spiro atoms. The molecule has 0 aromatic heterocycles. The van der Waals surface area contributed by atoms with Crippen LogP contribution in [0.2, 0.25) is 0 Å². The summed E-state index contributed by atoms with van der Waals surface area (Å²) in [5.74, 6) is -4.75. The Morgan fingerprint density at radius 3 is 2.55 bits per heavy atom. The van der Waals surface area contributed by atoms with Gasteiger partial charge >= 0.3 is 11.9 Å². The van der Waals surface area contributed by atoms with E-state index in [1.165, 1.54) is 12.1 Å². The lowest BCUT2D eigenvalue weighted by Crippen LogP contribution is -2.38. The highest BCUT2D eigenvalue weighted by Gasteiger charge is 2.51. The Balaban J connectivity index is 2.10. The largest absolute Gasteiger partial charge is 0.468 e. The van der Waals surface area contributed by atoms with E-state index in [0.29, 0.717) is 5.06 Å². The van der Waals surface area contributed by atoms with Crippen LogP contribution in [-0.2, 0) is 14.4 Å². The molecule has 0 aliphatic carbocycles. The van der Waals surface area contributed by atoms with Crippen molar-refractivity contribution < 1.29 is 27.9 Å². The number of benzene rings is 1. The molecule has 2 rings (SSSR count). The fourth-order valence-electron chi connectivity index (χ4n) is 1.95. The second-order valence-electron chi connectivity index (χ2n) is 4.42. The molecule has 20 heavy (non-hydrogen) atoms. The maximum Gasteiger partial charge on any atom is 0.357 e. The molecule has 1 atom stereocenters. The fraction of sp³-hybridized carbons (Fsp3) is 0.385. The molecule has 0 bridgehead atoms. The van der Waals surface area contributed by atoms with E-state index < -0.39 is 36.9 Å². The van der Waals surface area contributed by atoms with Gasteiger partial charge in [0, 0.05) is 6.42 Å². The van der Waals surface area contributed by atoms with Gasteiger partial charge in [0.25, 0.3) is 5.92 Å². The number of alkyl halides is 2. The van der Waals surface area contributed by atoms with Crippen LogP contribution >= 0.6 is 0 Å². The van der Waals surface area contributed by atoms with Crippen molar-refractivity contribution in [2.45, 2.75) is 18.4 Å². The van der Waals surface area contributed by atoms with E-state index in [-0.39, 0.29) is 5.56 Å². The molecule has 1 aliphatic rings. The van der Waals surface area contributed by atoms with E-state index >= 15 is 0 Å². The summed E-state index contributed by atoms with van der Waals surface area (Å²) in [4.78, 5) is 28.1. The molecule has 0 amide bonds. The van der Waals surface area contributed by atoms with E-state index in [4.69, 9.17) is 4.84 Å². The van der Waals surface area contributed by atoms with Gasteiger partial charge in [0.15, 0.2) is 0 Å². The molecule has 0 N–H and O–H groups in total. The third-order valence-corrected chi connectivity index (χ3v) is 2.91. The maximum absolute atomic E-state index is 13.4. The van der Waals surface area contributed by atoms with Crippen molar-refractivity contribution in [3.8, 4) is 0 Å². The molecule has 0 radical (unpaired) electrons. The molecule has 7 heteroatoms. The number of carbonyl (C=O) groups is 2. The Hall–Kier alpha value is -2.02. The third kappa shape index (κ3) is 3.11. The minimum atomic E-state index is -3.10. The topological polar surface area (TPSA) is 55.8 Å². The van der Waals surface area contributed by atoms with Crippen LogP contribution in [0.5, 0.6) is 0 Å². The van der Waals surface area contributed by atoms with E-state index in [0.717, 1.165) is 7.11 Å². The Kier molecular flexibility index (Phi) is 3.99. The van der Waals surface area contributed by atoms with E-state index in [2.05, 4.69) is 4.74 Å². The van der Waals surface area contributed by atoms with Gasteiger partial charge in [-0.1, -0.05) is 18.2 Å². The van der Waals surface area contributed by atoms with E-state index in [1.807, 2.05) is 0 Å². The number of hydrogen-bond acceptors (Lipinski definition) is 5. The number of esters is 1. The molecule has 0 saturated carbocycles. The zero-order chi connectivity index (χ0) is 14.8. The van der Waals surface area contributed by atoms with Gasteiger partial charge in [-0.05, 0) is 12.1 Å². The van der Waals surface area contributed by atoms with Gasteiger partial charge in [0.2, 0.25) is 0 Å². The zero-order valence-electron chi connectivity index (χ0n) is 10.7. The van der Waals surface area contributed by atoms with E-state index in [1.54, 1.807) is 18.2 Å². The second-order valence-corrected chi connectivity index (χ2v) is 4.42. The first kappa shape index (κ1) is 14.4. The van der Waals surface area contributed by atoms with Crippen LogP contribution in [0.1, 0.15) is 16.8 Å². The van der Waals surface area contributed by atoms with Crippen LogP contribution in [-0.4, -0.2) is 42.6 Å². The molecule has 1 fully saturated rings. The van der Waals surface area contributed by atoms with E-state index in [9.17, 15) is 18.4 Å². The summed E-state index contributed by atoms with van der Waals surface area (Å²) in [6.07, 6.45) is -0.734. The van der Waals surface area contributed by atoms with Crippen LogP contribution < -0.4 is 0 Å². The quantitative estimate of drug-likeness (QED) is 0.790. The lowest BCUT2D eigenvalue weighted by Gasteiger charge is -2.20. The summed E-state index contributed by atoms with van der Waals surface area (Å²) in [6, 6.07) is 6.63. The molecule has 5 nitrogen and oxygen atoms in total. The monoisotopic (exact) mass is 285 g/mol. The summed E-state index contributed by atoms with van der Waals surface area (Å²) < 4.78 is 31.1. The summed E-state index contributed by atoms with van der Waals surface area (Å²) in [5.41, 5.74) is 0.214. The summed E-state index contributed by atoms with van der Waals surface area (Å²) in [5, 5.41) is 0.682. The van der Waals surface area contributed by atoms with Crippen molar-refractivity contribution in [3.05, 3.63) is 35.9 Å². The van der Waals surface area contributed by atoms with Crippen molar-refractivity contribution in [1.29, 1.82) is 0 Å². The normalized spacial score (nSPS) is 21.4. The molecule has 1 aliphatic heterocycles. The third-order valence-electron chi connectivity index (χ3n) is 2.91. The molecular weight excluding hydrogens is 272 g/mol. The van der Waals surface area contributed by atoms with Crippen LogP contribution in [0.25, 0.3) is 0 Å². The minimum Gasteiger partial charge on any atom is -0.468 e. The van der Waals surface area contributed by atoms with Crippen molar-refractivity contribution in [2.24, 2.45) is 0 Å². The van der Waals surface area contributed by atoms with Gasteiger partial charge in [-0.25, -0.2) is 13.6 Å². The number of hydrogen-bond donors (Lipinski definition) is 0. The standard InChI is InChI=1S/C13H13F2NO4/c1-19-12(18)10-7-13(14,15)8-16(10)20-11(17)9-5-3-2-4-6-9/h2-6,10H,7-8H2,1H3/t10-/m0/s1. The first-order chi connectivity index (χ1) is 9.43. The fourth-order valence-corrected chi connectivity index (χ4v) is 1.95. The second kappa shape index (κ2) is 5.54. The summed E-state index contributed by atoms with van der Waals surface area (Å²) >= 11 is 0. The van der Waals surface area contributed by atoms with Gasteiger partial charge in [0.1, 0.15) is 6.04 Å². The summed E-state index contributed by atoms with van der Waals surface area (Å²) in [7, 11) is 1.09. The van der Waals surface area contributed by atoms with Gasteiger partial charge in [-0.2, -0.15) is 0 Å². The number of ether oxygens (including phenoxy) is 1. The highest BCUT2D eigenvalue weighted by Crippen LogP contribution is 2.33. The number of rotatable bonds is 3. The molecule has 1 aromatic carbocycles. The molecule has 108 valence electrons. The average Bonchev–Trinajstić information content (AvgIpc) is 2.73. The highest BCUT2D eigenvalue weighted by molar-refractivity contribution is 5.89. The molecular formula is C13H13F2NO4. The first-order valence-electron chi connectivity index (χ1n) is 5.92. The number of hydroxylamine groups is 2. The number of halogens is 2. The maximum atomic E-state index is 13.4. The summed E-state index contributed by atoms with van der Waals surface area (Å²) in [6.45, 7) is -0.828. The molecule has 1 heterocycles. The predicted molar refractivity (Wildman–Crippen MR) is 63.9 cm³/mol. The average molecular weight is 285 g/mol. The van der Waals surface area contributed by atoms with Crippen molar-refractivity contribution in [1.82, 2.24) is 5.06 Å². The van der Waals surface area contributed by atoms with Gasteiger partial charge in [0.05, 0.1) is 19.2 Å². The van der Waals surface area contributed by atoms with Gasteiger partial charge in [-0.3, -0.25) is 4.79 Å².